The molecule has 0 amide bonds. The van der Waals surface area contributed by atoms with Crippen LogP contribution in [0.4, 0.5) is 5.82 Å². The number of nitrogens with one attached hydrogen (secondary N) is 1. The molecule has 3 aromatic rings. The predicted molar refractivity (Wildman–Crippen MR) is 74.4 cm³/mol. The van der Waals surface area contributed by atoms with Gasteiger partial charge >= 0.3 is 0 Å². The summed E-state index contributed by atoms with van der Waals surface area (Å²) < 4.78 is 1.80. The molecule has 0 saturated heterocycles. The number of benzene rings is 1. The third-order valence-electron chi connectivity index (χ3n) is 2.91. The maximum atomic E-state index is 6.24. The summed E-state index contributed by atoms with van der Waals surface area (Å²) in [5.74, 6) is 0.849. The summed E-state index contributed by atoms with van der Waals surface area (Å²) in [5.41, 5.74) is 2.50. The number of para-hydroxylation sites is 1. The van der Waals surface area contributed by atoms with E-state index < -0.39 is 0 Å². The number of halogens is 1. The average molecular weight is 261 g/mol. The largest absolute Gasteiger partial charge is 0.370 e. The summed E-state index contributed by atoms with van der Waals surface area (Å²) in [6.45, 7) is 4.75. The SMILES string of the molecule is CCNc1nc2c(Cl)c(C)nn2c2ccccc12. The highest BCUT2D eigenvalue weighted by atomic mass is 35.5. The molecule has 0 aliphatic rings. The van der Waals surface area contributed by atoms with Gasteiger partial charge in [-0.05, 0) is 26.0 Å². The third kappa shape index (κ3) is 1.53. The topological polar surface area (TPSA) is 42.2 Å². The smallest absolute Gasteiger partial charge is 0.176 e. The summed E-state index contributed by atoms with van der Waals surface area (Å²) in [6.07, 6.45) is 0. The van der Waals surface area contributed by atoms with Crippen LogP contribution in [0.3, 0.4) is 0 Å². The zero-order chi connectivity index (χ0) is 12.7. The highest BCUT2D eigenvalue weighted by Gasteiger charge is 2.13. The number of hydrogen-bond acceptors (Lipinski definition) is 3. The summed E-state index contributed by atoms with van der Waals surface area (Å²) in [4.78, 5) is 4.57. The quantitative estimate of drug-likeness (QED) is 0.769. The van der Waals surface area contributed by atoms with E-state index >= 15 is 0 Å². The zero-order valence-electron chi connectivity index (χ0n) is 10.2. The van der Waals surface area contributed by atoms with E-state index in [1.807, 2.05) is 38.1 Å². The first kappa shape index (κ1) is 11.3. The Hall–Kier alpha value is -1.81. The highest BCUT2D eigenvalue weighted by molar-refractivity contribution is 6.34. The summed E-state index contributed by atoms with van der Waals surface area (Å²) in [5, 5.41) is 9.36. The lowest BCUT2D eigenvalue weighted by Crippen LogP contribution is -2.03. The van der Waals surface area contributed by atoms with Crippen molar-refractivity contribution in [3.63, 3.8) is 0 Å². The van der Waals surface area contributed by atoms with Gasteiger partial charge < -0.3 is 5.32 Å². The minimum absolute atomic E-state index is 0.611. The van der Waals surface area contributed by atoms with Crippen LogP contribution in [0.15, 0.2) is 24.3 Å². The lowest BCUT2D eigenvalue weighted by molar-refractivity contribution is 0.955. The van der Waals surface area contributed by atoms with Crippen LogP contribution in [-0.2, 0) is 0 Å². The van der Waals surface area contributed by atoms with Gasteiger partial charge in [0.2, 0.25) is 0 Å². The van der Waals surface area contributed by atoms with Crippen LogP contribution in [0, 0.1) is 6.92 Å². The van der Waals surface area contributed by atoms with Crippen molar-refractivity contribution in [3.05, 3.63) is 35.0 Å². The van der Waals surface area contributed by atoms with Crippen molar-refractivity contribution in [2.75, 3.05) is 11.9 Å². The van der Waals surface area contributed by atoms with Crippen LogP contribution < -0.4 is 5.32 Å². The standard InChI is InChI=1S/C13H13ClN4/c1-3-15-12-9-6-4-5-7-10(9)18-13(16-12)11(14)8(2)17-18/h4-7H,3H2,1-2H3,(H,15,16). The summed E-state index contributed by atoms with van der Waals surface area (Å²) in [6, 6.07) is 8.04. The molecule has 92 valence electrons. The monoisotopic (exact) mass is 260 g/mol. The van der Waals surface area contributed by atoms with Crippen LogP contribution in [0.2, 0.25) is 5.02 Å². The van der Waals surface area contributed by atoms with Gasteiger partial charge in [-0.2, -0.15) is 5.10 Å². The molecule has 18 heavy (non-hydrogen) atoms. The normalized spacial score (nSPS) is 11.3. The second-order valence-electron chi connectivity index (χ2n) is 4.14. The Kier molecular flexibility index (Phi) is 2.59. The number of anilines is 1. The van der Waals surface area contributed by atoms with Gasteiger partial charge in [-0.1, -0.05) is 23.7 Å². The van der Waals surface area contributed by atoms with Gasteiger partial charge in [0.05, 0.1) is 11.2 Å². The maximum Gasteiger partial charge on any atom is 0.176 e. The van der Waals surface area contributed by atoms with E-state index in [4.69, 9.17) is 11.6 Å². The molecule has 0 aliphatic carbocycles. The fraction of sp³-hybridized carbons (Fsp3) is 0.231. The molecular weight excluding hydrogens is 248 g/mol. The molecule has 2 heterocycles. The number of aryl methyl sites for hydroxylation is 1. The molecule has 1 N–H and O–H groups in total. The Balaban J connectivity index is 2.48. The molecule has 0 spiro atoms. The molecule has 0 bridgehead atoms. The Morgan fingerprint density at radius 3 is 2.89 bits per heavy atom. The van der Waals surface area contributed by atoms with E-state index in [1.165, 1.54) is 0 Å². The van der Waals surface area contributed by atoms with Gasteiger partial charge in [-0.3, -0.25) is 0 Å². The number of nitrogens with zero attached hydrogens (tertiary/aromatic N) is 3. The first-order valence-corrected chi connectivity index (χ1v) is 6.27. The highest BCUT2D eigenvalue weighted by Crippen LogP contribution is 2.27. The molecule has 0 atom stereocenters. The van der Waals surface area contributed by atoms with Crippen molar-refractivity contribution < 1.29 is 0 Å². The lowest BCUT2D eigenvalue weighted by atomic mass is 10.2. The molecule has 0 unspecified atom stereocenters. The van der Waals surface area contributed by atoms with Crippen LogP contribution in [0.25, 0.3) is 16.6 Å². The van der Waals surface area contributed by atoms with Crippen molar-refractivity contribution >= 4 is 34.0 Å². The van der Waals surface area contributed by atoms with Gasteiger partial charge in [-0.25, -0.2) is 9.50 Å². The van der Waals surface area contributed by atoms with Gasteiger partial charge in [-0.15, -0.1) is 0 Å². The molecule has 0 radical (unpaired) electrons. The zero-order valence-corrected chi connectivity index (χ0v) is 11.0. The average Bonchev–Trinajstić information content (AvgIpc) is 2.67. The first-order chi connectivity index (χ1) is 8.72. The van der Waals surface area contributed by atoms with Gasteiger partial charge in [0.25, 0.3) is 0 Å². The van der Waals surface area contributed by atoms with E-state index in [-0.39, 0.29) is 0 Å². The van der Waals surface area contributed by atoms with E-state index in [0.717, 1.165) is 29.0 Å². The molecule has 3 rings (SSSR count). The van der Waals surface area contributed by atoms with Crippen LogP contribution in [0.5, 0.6) is 0 Å². The maximum absolute atomic E-state index is 6.24. The molecule has 1 aromatic carbocycles. The third-order valence-corrected chi connectivity index (χ3v) is 3.36. The number of hydrogen-bond donors (Lipinski definition) is 1. The van der Waals surface area contributed by atoms with Gasteiger partial charge in [0.15, 0.2) is 5.65 Å². The minimum Gasteiger partial charge on any atom is -0.370 e. The van der Waals surface area contributed by atoms with E-state index in [1.54, 1.807) is 4.52 Å². The number of aromatic nitrogens is 3. The molecule has 2 aromatic heterocycles. The Bertz CT molecular complexity index is 733. The molecular formula is C13H13ClN4. The van der Waals surface area contributed by atoms with Crippen molar-refractivity contribution in [2.24, 2.45) is 0 Å². The van der Waals surface area contributed by atoms with Crippen LogP contribution >= 0.6 is 11.6 Å². The fourth-order valence-electron chi connectivity index (χ4n) is 2.09. The Labute approximate surface area is 110 Å². The van der Waals surface area contributed by atoms with Crippen LogP contribution in [-0.4, -0.2) is 21.1 Å². The van der Waals surface area contributed by atoms with Crippen molar-refractivity contribution in [1.82, 2.24) is 14.6 Å². The Morgan fingerprint density at radius 1 is 1.33 bits per heavy atom. The summed E-state index contributed by atoms with van der Waals surface area (Å²) in [7, 11) is 0. The molecule has 0 saturated carbocycles. The summed E-state index contributed by atoms with van der Waals surface area (Å²) >= 11 is 6.24. The first-order valence-electron chi connectivity index (χ1n) is 5.90. The van der Waals surface area contributed by atoms with Gasteiger partial charge in [0.1, 0.15) is 10.8 Å². The molecule has 4 nitrogen and oxygen atoms in total. The minimum atomic E-state index is 0.611. The van der Waals surface area contributed by atoms with Crippen molar-refractivity contribution in [2.45, 2.75) is 13.8 Å². The number of rotatable bonds is 2. The van der Waals surface area contributed by atoms with Crippen molar-refractivity contribution in [1.29, 1.82) is 0 Å². The second kappa shape index (κ2) is 4.14. The van der Waals surface area contributed by atoms with Crippen LogP contribution in [0.1, 0.15) is 12.6 Å². The molecule has 5 heteroatoms. The number of fused-ring (bicyclic) bond motifs is 3. The fourth-order valence-corrected chi connectivity index (χ4v) is 2.25. The van der Waals surface area contributed by atoms with E-state index in [0.29, 0.717) is 10.7 Å². The van der Waals surface area contributed by atoms with E-state index in [9.17, 15) is 0 Å². The second-order valence-corrected chi connectivity index (χ2v) is 4.52. The van der Waals surface area contributed by atoms with Gasteiger partial charge in [0, 0.05) is 11.9 Å². The predicted octanol–water partition coefficient (Wildman–Crippen LogP) is 3.28. The molecule has 0 aliphatic heterocycles. The Morgan fingerprint density at radius 2 is 2.11 bits per heavy atom. The van der Waals surface area contributed by atoms with E-state index in [2.05, 4.69) is 15.4 Å². The lowest BCUT2D eigenvalue weighted by Gasteiger charge is -2.08. The van der Waals surface area contributed by atoms with Crippen molar-refractivity contribution in [3.8, 4) is 0 Å². The molecule has 0 fully saturated rings.